The van der Waals surface area contributed by atoms with Crippen LogP contribution in [0.3, 0.4) is 0 Å². The molecular weight excluding hydrogens is 360 g/mol. The molecule has 0 saturated carbocycles. The molecule has 3 rings (SSSR count). The van der Waals surface area contributed by atoms with Gasteiger partial charge in [0.25, 0.3) is 0 Å². The minimum Gasteiger partial charge on any atom is -0.340 e. The Balaban J connectivity index is 0.00000225. The molecule has 5 nitrogen and oxygen atoms in total. The van der Waals surface area contributed by atoms with Gasteiger partial charge in [0.1, 0.15) is 0 Å². The Morgan fingerprint density at radius 1 is 1.28 bits per heavy atom. The van der Waals surface area contributed by atoms with Crippen molar-refractivity contribution in [2.75, 3.05) is 18.8 Å². The van der Waals surface area contributed by atoms with Crippen LogP contribution in [0.5, 0.6) is 0 Å². The molecule has 0 spiro atoms. The molecule has 1 fully saturated rings. The van der Waals surface area contributed by atoms with Crippen molar-refractivity contribution in [3.63, 3.8) is 0 Å². The monoisotopic (exact) mass is 386 g/mol. The lowest BCUT2D eigenvalue weighted by atomic mass is 10.1. The number of hydrogen-bond donors (Lipinski definition) is 1. The van der Waals surface area contributed by atoms with E-state index in [1.165, 1.54) is 5.56 Å². The first-order valence-electron chi connectivity index (χ1n) is 8.75. The highest BCUT2D eigenvalue weighted by molar-refractivity contribution is 7.91. The lowest BCUT2D eigenvalue weighted by Crippen LogP contribution is -2.35. The molecule has 0 aromatic heterocycles. The average Bonchev–Trinajstić information content (AvgIpc) is 3.18. The Bertz CT molecular complexity index is 736. The highest BCUT2D eigenvalue weighted by Crippen LogP contribution is 2.26. The van der Waals surface area contributed by atoms with Crippen LogP contribution in [-0.2, 0) is 27.5 Å². The van der Waals surface area contributed by atoms with Gasteiger partial charge in [0.05, 0.1) is 10.6 Å². The number of halogens is 1. The zero-order valence-electron chi connectivity index (χ0n) is 14.6. The van der Waals surface area contributed by atoms with Gasteiger partial charge in [0.2, 0.25) is 5.91 Å². The number of benzene rings is 1. The summed E-state index contributed by atoms with van der Waals surface area (Å²) in [7, 11) is -3.42. The van der Waals surface area contributed by atoms with Crippen molar-refractivity contribution >= 4 is 28.2 Å². The second kappa shape index (κ2) is 8.06. The maximum absolute atomic E-state index is 12.6. The molecule has 7 heteroatoms. The largest absolute Gasteiger partial charge is 0.340 e. The van der Waals surface area contributed by atoms with E-state index < -0.39 is 9.84 Å². The number of sulfone groups is 1. The SMILES string of the molecule is CC1CC(CN)CN1C(=O)CCS(=O)(=O)c1ccc2c(c1)CCC2.Cl. The minimum atomic E-state index is -3.42. The van der Waals surface area contributed by atoms with Gasteiger partial charge in [-0.15, -0.1) is 12.4 Å². The van der Waals surface area contributed by atoms with Crippen LogP contribution >= 0.6 is 12.4 Å². The fourth-order valence-corrected chi connectivity index (χ4v) is 5.16. The molecule has 2 N–H and O–H groups in total. The summed E-state index contributed by atoms with van der Waals surface area (Å²) in [6.07, 6.45) is 4.01. The highest BCUT2D eigenvalue weighted by Gasteiger charge is 2.32. The third kappa shape index (κ3) is 4.36. The van der Waals surface area contributed by atoms with Crippen LogP contribution in [0.4, 0.5) is 0 Å². The first-order valence-corrected chi connectivity index (χ1v) is 10.4. The highest BCUT2D eigenvalue weighted by atomic mass is 35.5. The van der Waals surface area contributed by atoms with Crippen LogP contribution in [0, 0.1) is 5.92 Å². The van der Waals surface area contributed by atoms with Gasteiger partial charge in [-0.3, -0.25) is 4.79 Å². The summed E-state index contributed by atoms with van der Waals surface area (Å²) >= 11 is 0. The van der Waals surface area contributed by atoms with Crippen LogP contribution in [0.1, 0.15) is 37.3 Å². The number of fused-ring (bicyclic) bond motifs is 1. The van der Waals surface area contributed by atoms with Gasteiger partial charge in [0, 0.05) is 19.0 Å². The van der Waals surface area contributed by atoms with E-state index in [0.717, 1.165) is 31.2 Å². The Morgan fingerprint density at radius 3 is 2.68 bits per heavy atom. The Hall–Kier alpha value is -1.11. The molecule has 1 amide bonds. The lowest BCUT2D eigenvalue weighted by molar-refractivity contribution is -0.131. The van der Waals surface area contributed by atoms with Gasteiger partial charge in [-0.1, -0.05) is 6.07 Å². The van der Waals surface area contributed by atoms with Crippen LogP contribution in [0.25, 0.3) is 0 Å². The van der Waals surface area contributed by atoms with Crippen molar-refractivity contribution in [2.45, 2.75) is 50.0 Å². The predicted octanol–water partition coefficient (Wildman–Crippen LogP) is 1.96. The van der Waals surface area contributed by atoms with Crippen molar-refractivity contribution in [1.29, 1.82) is 0 Å². The van der Waals surface area contributed by atoms with Crippen molar-refractivity contribution < 1.29 is 13.2 Å². The Kier molecular flexibility index (Phi) is 6.51. The molecule has 1 aromatic carbocycles. The third-order valence-corrected chi connectivity index (χ3v) is 7.04. The molecule has 1 aliphatic carbocycles. The molecule has 1 aliphatic heterocycles. The summed E-state index contributed by atoms with van der Waals surface area (Å²) in [5.74, 6) is 0.127. The molecule has 25 heavy (non-hydrogen) atoms. The lowest BCUT2D eigenvalue weighted by Gasteiger charge is -2.21. The number of nitrogens with zero attached hydrogens (tertiary/aromatic N) is 1. The van der Waals surface area contributed by atoms with Crippen LogP contribution in [-0.4, -0.2) is 44.1 Å². The van der Waals surface area contributed by atoms with E-state index in [9.17, 15) is 13.2 Å². The van der Waals surface area contributed by atoms with E-state index in [4.69, 9.17) is 5.73 Å². The molecule has 0 bridgehead atoms. The molecule has 0 radical (unpaired) electrons. The summed E-state index contributed by atoms with van der Waals surface area (Å²) in [4.78, 5) is 14.5. The Morgan fingerprint density at radius 2 is 2.00 bits per heavy atom. The smallest absolute Gasteiger partial charge is 0.223 e. The van der Waals surface area contributed by atoms with Crippen LogP contribution in [0.2, 0.25) is 0 Å². The molecule has 2 aliphatic rings. The standard InChI is InChI=1S/C18H26N2O3S.ClH/c1-13-9-14(11-19)12-20(13)18(21)7-8-24(22,23)17-6-5-15-3-2-4-16(15)10-17;/h5-6,10,13-14H,2-4,7-9,11-12,19H2,1H3;1H. The number of carbonyl (C=O) groups excluding carboxylic acids is 1. The topological polar surface area (TPSA) is 80.5 Å². The average molecular weight is 387 g/mol. The summed E-state index contributed by atoms with van der Waals surface area (Å²) in [5, 5.41) is 0. The molecular formula is C18H27ClN2O3S. The van der Waals surface area contributed by atoms with E-state index in [1.54, 1.807) is 17.0 Å². The van der Waals surface area contributed by atoms with E-state index in [0.29, 0.717) is 23.9 Å². The van der Waals surface area contributed by atoms with Gasteiger partial charge in [-0.25, -0.2) is 8.42 Å². The molecule has 1 heterocycles. The maximum atomic E-state index is 12.6. The minimum absolute atomic E-state index is 0. The summed E-state index contributed by atoms with van der Waals surface area (Å²) < 4.78 is 25.1. The van der Waals surface area contributed by atoms with E-state index in [-0.39, 0.29) is 36.5 Å². The number of aryl methyl sites for hydroxylation is 2. The third-order valence-electron chi connectivity index (χ3n) is 5.33. The predicted molar refractivity (Wildman–Crippen MR) is 101 cm³/mol. The second-order valence-electron chi connectivity index (χ2n) is 7.09. The van der Waals surface area contributed by atoms with Gasteiger partial charge in [-0.2, -0.15) is 0 Å². The number of nitrogens with two attached hydrogens (primary N) is 1. The van der Waals surface area contributed by atoms with Gasteiger partial charge < -0.3 is 10.6 Å². The van der Waals surface area contributed by atoms with E-state index in [1.807, 2.05) is 13.0 Å². The van der Waals surface area contributed by atoms with Gasteiger partial charge in [0.15, 0.2) is 9.84 Å². The number of amides is 1. The second-order valence-corrected chi connectivity index (χ2v) is 9.19. The molecule has 2 atom stereocenters. The van der Waals surface area contributed by atoms with E-state index in [2.05, 4.69) is 0 Å². The summed E-state index contributed by atoms with van der Waals surface area (Å²) in [5.41, 5.74) is 8.08. The van der Waals surface area contributed by atoms with Crippen molar-refractivity contribution in [3.8, 4) is 0 Å². The number of likely N-dealkylation sites (tertiary alicyclic amines) is 1. The quantitative estimate of drug-likeness (QED) is 0.838. The number of carbonyl (C=O) groups is 1. The number of rotatable bonds is 5. The molecule has 140 valence electrons. The first kappa shape index (κ1) is 20.2. The van der Waals surface area contributed by atoms with Crippen molar-refractivity contribution in [2.24, 2.45) is 11.7 Å². The Labute approximate surface area is 156 Å². The fraction of sp³-hybridized carbons (Fsp3) is 0.611. The number of hydrogen-bond acceptors (Lipinski definition) is 4. The van der Waals surface area contributed by atoms with E-state index >= 15 is 0 Å². The van der Waals surface area contributed by atoms with Crippen molar-refractivity contribution in [1.82, 2.24) is 4.90 Å². The summed E-state index contributed by atoms with van der Waals surface area (Å²) in [6, 6.07) is 5.55. The van der Waals surface area contributed by atoms with Crippen LogP contribution < -0.4 is 5.73 Å². The maximum Gasteiger partial charge on any atom is 0.223 e. The molecule has 1 saturated heterocycles. The zero-order chi connectivity index (χ0) is 17.3. The molecule has 1 aromatic rings. The zero-order valence-corrected chi connectivity index (χ0v) is 16.2. The molecule has 2 unspecified atom stereocenters. The summed E-state index contributed by atoms with van der Waals surface area (Å²) in [6.45, 7) is 3.22. The van der Waals surface area contributed by atoms with Crippen molar-refractivity contribution in [3.05, 3.63) is 29.3 Å². The van der Waals surface area contributed by atoms with Crippen LogP contribution in [0.15, 0.2) is 23.1 Å². The fourth-order valence-electron chi connectivity index (χ4n) is 3.89. The van der Waals surface area contributed by atoms with Gasteiger partial charge >= 0.3 is 0 Å². The first-order chi connectivity index (χ1) is 11.4. The van der Waals surface area contributed by atoms with Gasteiger partial charge in [-0.05, 0) is 68.3 Å². The normalized spacial score (nSPS) is 22.6.